The second-order valence-corrected chi connectivity index (χ2v) is 4.08. The largest absolute Gasteiger partial charge is 0.367 e. The van der Waals surface area contributed by atoms with E-state index in [1.54, 1.807) is 4.90 Å². The van der Waals surface area contributed by atoms with Crippen LogP contribution in [-0.4, -0.2) is 34.9 Å². The number of pyridine rings is 1. The Morgan fingerprint density at radius 3 is 3.06 bits per heavy atom. The van der Waals surface area contributed by atoms with Crippen LogP contribution in [0.1, 0.15) is 23.2 Å². The topological polar surface area (TPSA) is 79.2 Å². The maximum absolute atomic E-state index is 12.0. The highest BCUT2D eigenvalue weighted by atomic mass is 16.2. The highest BCUT2D eigenvalue weighted by Gasteiger charge is 2.23. The SMILES string of the molecule is N[C@@H]1CCCN(C(=O)c2c[nH]ccc2=O)C1. The molecule has 1 aromatic rings. The molecule has 2 heterocycles. The molecular formula is C11H15N3O2. The second-order valence-electron chi connectivity index (χ2n) is 4.08. The molecule has 0 aliphatic carbocycles. The maximum Gasteiger partial charge on any atom is 0.259 e. The molecule has 3 N–H and O–H groups in total. The van der Waals surface area contributed by atoms with E-state index in [2.05, 4.69) is 4.98 Å². The van der Waals surface area contributed by atoms with Gasteiger partial charge in [0, 0.05) is 37.6 Å². The first kappa shape index (κ1) is 10.9. The highest BCUT2D eigenvalue weighted by molar-refractivity contribution is 5.93. The number of piperidine rings is 1. The number of carbonyl (C=O) groups is 1. The van der Waals surface area contributed by atoms with E-state index in [1.807, 2.05) is 0 Å². The summed E-state index contributed by atoms with van der Waals surface area (Å²) in [4.78, 5) is 27.9. The molecule has 1 amide bonds. The van der Waals surface area contributed by atoms with Crippen molar-refractivity contribution in [2.24, 2.45) is 5.73 Å². The van der Waals surface area contributed by atoms with Crippen LogP contribution >= 0.6 is 0 Å². The molecule has 0 saturated carbocycles. The third-order valence-corrected chi connectivity index (χ3v) is 2.80. The minimum Gasteiger partial charge on any atom is -0.367 e. The van der Waals surface area contributed by atoms with Crippen molar-refractivity contribution < 1.29 is 4.79 Å². The first-order chi connectivity index (χ1) is 7.68. The molecule has 0 unspecified atom stereocenters. The molecule has 2 rings (SSSR count). The van der Waals surface area contributed by atoms with Crippen molar-refractivity contribution in [3.05, 3.63) is 34.2 Å². The number of nitrogens with one attached hydrogen (secondary N) is 1. The van der Waals surface area contributed by atoms with Gasteiger partial charge in [-0.05, 0) is 12.8 Å². The average Bonchev–Trinajstić information content (AvgIpc) is 2.29. The van der Waals surface area contributed by atoms with Crippen LogP contribution in [0.2, 0.25) is 0 Å². The second kappa shape index (κ2) is 4.49. The number of H-pyrrole nitrogens is 1. The summed E-state index contributed by atoms with van der Waals surface area (Å²) >= 11 is 0. The Balaban J connectivity index is 2.19. The van der Waals surface area contributed by atoms with Crippen LogP contribution in [0.4, 0.5) is 0 Å². The minimum absolute atomic E-state index is 0.0282. The quantitative estimate of drug-likeness (QED) is 0.697. The lowest BCUT2D eigenvalue weighted by Gasteiger charge is -2.30. The van der Waals surface area contributed by atoms with E-state index in [9.17, 15) is 9.59 Å². The summed E-state index contributed by atoms with van der Waals surface area (Å²) in [7, 11) is 0. The third kappa shape index (κ3) is 2.14. The monoisotopic (exact) mass is 221 g/mol. The normalized spacial score (nSPS) is 20.8. The van der Waals surface area contributed by atoms with Crippen molar-refractivity contribution in [3.8, 4) is 0 Å². The van der Waals surface area contributed by atoms with Crippen LogP contribution in [-0.2, 0) is 0 Å². The number of likely N-dealkylation sites (tertiary alicyclic amines) is 1. The summed E-state index contributed by atoms with van der Waals surface area (Å²) in [6, 6.07) is 1.39. The molecule has 5 nitrogen and oxygen atoms in total. The van der Waals surface area contributed by atoms with Gasteiger partial charge < -0.3 is 15.6 Å². The van der Waals surface area contributed by atoms with Crippen molar-refractivity contribution in [1.82, 2.24) is 9.88 Å². The standard InChI is InChI=1S/C11H15N3O2/c12-8-2-1-5-14(7-8)11(16)9-6-13-4-3-10(9)15/h3-4,6,8H,1-2,5,7,12H2,(H,13,15)/t8-/m1/s1. The lowest BCUT2D eigenvalue weighted by atomic mass is 10.1. The average molecular weight is 221 g/mol. The Bertz CT molecular complexity index is 441. The number of hydrogen-bond acceptors (Lipinski definition) is 3. The number of nitrogens with two attached hydrogens (primary N) is 1. The Kier molecular flexibility index (Phi) is 3.05. The molecule has 0 bridgehead atoms. The lowest BCUT2D eigenvalue weighted by molar-refractivity contribution is 0.0707. The number of aromatic amines is 1. The zero-order valence-electron chi connectivity index (χ0n) is 8.98. The summed E-state index contributed by atoms with van der Waals surface area (Å²) in [5.41, 5.74) is 5.74. The summed E-state index contributed by atoms with van der Waals surface area (Å²) in [5, 5.41) is 0. The number of carbonyl (C=O) groups excluding carboxylic acids is 1. The summed E-state index contributed by atoms with van der Waals surface area (Å²) < 4.78 is 0. The number of amides is 1. The van der Waals surface area contributed by atoms with Crippen LogP contribution in [0.15, 0.2) is 23.3 Å². The van der Waals surface area contributed by atoms with Gasteiger partial charge in [-0.3, -0.25) is 9.59 Å². The van der Waals surface area contributed by atoms with Crippen molar-refractivity contribution in [3.63, 3.8) is 0 Å². The fourth-order valence-electron chi connectivity index (χ4n) is 1.95. The number of nitrogens with zero attached hydrogens (tertiary/aromatic N) is 1. The molecule has 0 aromatic carbocycles. The van der Waals surface area contributed by atoms with Crippen LogP contribution in [0.3, 0.4) is 0 Å². The Morgan fingerprint density at radius 2 is 2.38 bits per heavy atom. The Labute approximate surface area is 93.3 Å². The van der Waals surface area contributed by atoms with Crippen LogP contribution in [0, 0.1) is 0 Å². The van der Waals surface area contributed by atoms with Gasteiger partial charge in [-0.1, -0.05) is 0 Å². The van der Waals surface area contributed by atoms with Gasteiger partial charge in [-0.25, -0.2) is 0 Å². The predicted molar refractivity (Wildman–Crippen MR) is 60.2 cm³/mol. The van der Waals surface area contributed by atoms with Crippen LogP contribution in [0.5, 0.6) is 0 Å². The zero-order valence-corrected chi connectivity index (χ0v) is 8.98. The molecule has 0 spiro atoms. The van der Waals surface area contributed by atoms with Crippen LogP contribution < -0.4 is 11.2 Å². The molecule has 1 aromatic heterocycles. The van der Waals surface area contributed by atoms with Crippen molar-refractivity contribution >= 4 is 5.91 Å². The zero-order chi connectivity index (χ0) is 11.5. The molecule has 86 valence electrons. The van der Waals surface area contributed by atoms with Gasteiger partial charge in [0.25, 0.3) is 5.91 Å². The van der Waals surface area contributed by atoms with Gasteiger partial charge in [0.1, 0.15) is 5.56 Å². The summed E-state index contributed by atoms with van der Waals surface area (Å²) in [6.45, 7) is 1.22. The van der Waals surface area contributed by atoms with Gasteiger partial charge in [0.2, 0.25) is 0 Å². The molecular weight excluding hydrogens is 206 g/mol. The predicted octanol–water partition coefficient (Wildman–Crippen LogP) is -0.0618. The lowest BCUT2D eigenvalue weighted by Crippen LogP contribution is -2.46. The van der Waals surface area contributed by atoms with Crippen molar-refractivity contribution in [1.29, 1.82) is 0 Å². The van der Waals surface area contributed by atoms with Crippen molar-refractivity contribution in [2.75, 3.05) is 13.1 Å². The van der Waals surface area contributed by atoms with E-state index in [-0.39, 0.29) is 22.9 Å². The number of aromatic nitrogens is 1. The highest BCUT2D eigenvalue weighted by Crippen LogP contribution is 2.10. The fraction of sp³-hybridized carbons (Fsp3) is 0.455. The van der Waals surface area contributed by atoms with Crippen molar-refractivity contribution in [2.45, 2.75) is 18.9 Å². The van der Waals surface area contributed by atoms with E-state index in [0.717, 1.165) is 12.8 Å². The maximum atomic E-state index is 12.0. The Hall–Kier alpha value is -1.62. The molecule has 1 aliphatic rings. The van der Waals surface area contributed by atoms with E-state index in [0.29, 0.717) is 13.1 Å². The number of rotatable bonds is 1. The Morgan fingerprint density at radius 1 is 1.56 bits per heavy atom. The molecule has 1 atom stereocenters. The molecule has 5 heteroatoms. The van der Waals surface area contributed by atoms with Gasteiger partial charge >= 0.3 is 0 Å². The van der Waals surface area contributed by atoms with Gasteiger partial charge in [-0.15, -0.1) is 0 Å². The molecule has 0 radical (unpaired) electrons. The minimum atomic E-state index is -0.247. The first-order valence-electron chi connectivity index (χ1n) is 5.40. The van der Waals surface area contributed by atoms with Crippen LogP contribution in [0.25, 0.3) is 0 Å². The van der Waals surface area contributed by atoms with E-state index >= 15 is 0 Å². The molecule has 16 heavy (non-hydrogen) atoms. The smallest absolute Gasteiger partial charge is 0.259 e. The first-order valence-corrected chi connectivity index (χ1v) is 5.40. The summed E-state index contributed by atoms with van der Waals surface area (Å²) in [5.74, 6) is -0.225. The van der Waals surface area contributed by atoms with Gasteiger partial charge in [0.05, 0.1) is 0 Å². The molecule has 1 saturated heterocycles. The number of hydrogen-bond donors (Lipinski definition) is 2. The molecule has 1 fully saturated rings. The van der Waals surface area contributed by atoms with E-state index in [1.165, 1.54) is 18.5 Å². The fourth-order valence-corrected chi connectivity index (χ4v) is 1.95. The van der Waals surface area contributed by atoms with Gasteiger partial charge in [0.15, 0.2) is 5.43 Å². The summed E-state index contributed by atoms with van der Waals surface area (Å²) in [6.07, 6.45) is 4.80. The van der Waals surface area contributed by atoms with E-state index < -0.39 is 0 Å². The molecule has 1 aliphatic heterocycles. The van der Waals surface area contributed by atoms with Gasteiger partial charge in [-0.2, -0.15) is 0 Å². The third-order valence-electron chi connectivity index (χ3n) is 2.80. The van der Waals surface area contributed by atoms with E-state index in [4.69, 9.17) is 5.73 Å².